The van der Waals surface area contributed by atoms with Gasteiger partial charge in [-0.25, -0.2) is 9.18 Å². The van der Waals surface area contributed by atoms with Gasteiger partial charge in [0.15, 0.2) is 0 Å². The molecule has 2 aromatic rings. The van der Waals surface area contributed by atoms with Crippen LogP contribution in [-0.2, 0) is 51.9 Å². The topological polar surface area (TPSA) is 132 Å². The molecule has 5 rings (SSSR count). The smallest absolute Gasteiger partial charge is 0.407 e. The summed E-state index contributed by atoms with van der Waals surface area (Å²) in [5.74, 6) is -2.53. The van der Waals surface area contributed by atoms with Crippen LogP contribution in [0, 0.1) is 5.82 Å². The maximum atomic E-state index is 15.3. The zero-order valence-electron chi connectivity index (χ0n) is 20.4. The van der Waals surface area contributed by atoms with Crippen LogP contribution in [0.4, 0.5) is 9.18 Å². The molecule has 1 aromatic heterocycles. The highest BCUT2D eigenvalue weighted by atomic mass is 35.5. The number of amides is 4. The molecule has 0 radical (unpaired) electrons. The van der Waals surface area contributed by atoms with E-state index < -0.39 is 35.7 Å². The number of benzene rings is 1. The van der Waals surface area contributed by atoms with E-state index in [1.165, 1.54) is 11.0 Å². The Bertz CT molecular complexity index is 1230. The predicted molar refractivity (Wildman–Crippen MR) is 128 cm³/mol. The van der Waals surface area contributed by atoms with Crippen LogP contribution in [-0.4, -0.2) is 51.1 Å². The molecule has 3 aliphatic rings. The SMILES string of the molecule is CC.O=C1CCC(N2Cc3c(Cl)cc(CNC(=O)OCc4cc5n(n4)CCOC5)c(F)c3C2=O)C(=O)N1. The molecule has 0 spiro atoms. The lowest BCUT2D eigenvalue weighted by atomic mass is 10.0. The molecule has 0 aliphatic carbocycles. The third-order valence-electron chi connectivity index (χ3n) is 6.17. The van der Waals surface area contributed by atoms with Crippen LogP contribution in [0.1, 0.15) is 59.6 Å². The number of fused-ring (bicyclic) bond motifs is 2. The Balaban J connectivity index is 0.00000156. The van der Waals surface area contributed by atoms with Crippen molar-refractivity contribution in [3.63, 3.8) is 0 Å². The number of halogens is 2. The molecule has 0 saturated carbocycles. The van der Waals surface area contributed by atoms with Crippen molar-refractivity contribution in [2.24, 2.45) is 0 Å². The van der Waals surface area contributed by atoms with Crippen molar-refractivity contribution in [1.82, 2.24) is 25.3 Å². The van der Waals surface area contributed by atoms with Crippen LogP contribution in [0.2, 0.25) is 5.02 Å². The van der Waals surface area contributed by atoms with Crippen molar-refractivity contribution in [3.05, 3.63) is 51.1 Å². The van der Waals surface area contributed by atoms with Gasteiger partial charge in [0.2, 0.25) is 11.8 Å². The number of hydrogen-bond acceptors (Lipinski definition) is 7. The van der Waals surface area contributed by atoms with Crippen molar-refractivity contribution in [2.45, 2.75) is 65.6 Å². The lowest BCUT2D eigenvalue weighted by Crippen LogP contribution is -2.52. The van der Waals surface area contributed by atoms with Gasteiger partial charge in [0.05, 0.1) is 31.0 Å². The number of carbonyl (C=O) groups is 4. The highest BCUT2D eigenvalue weighted by Crippen LogP contribution is 2.35. The summed E-state index contributed by atoms with van der Waals surface area (Å²) in [6.45, 7) is 5.25. The second-order valence-electron chi connectivity index (χ2n) is 8.42. The summed E-state index contributed by atoms with van der Waals surface area (Å²) in [5.41, 5.74) is 1.47. The minimum absolute atomic E-state index is 0.00113. The monoisotopic (exact) mass is 535 g/mol. The van der Waals surface area contributed by atoms with Gasteiger partial charge in [-0.05, 0) is 18.6 Å². The number of imide groups is 1. The van der Waals surface area contributed by atoms with Crippen LogP contribution < -0.4 is 10.6 Å². The second kappa shape index (κ2) is 11.3. The molecule has 4 heterocycles. The fourth-order valence-corrected chi connectivity index (χ4v) is 4.71. The number of ether oxygens (including phenoxy) is 2. The van der Waals surface area contributed by atoms with Gasteiger partial charge in [-0.2, -0.15) is 5.10 Å². The molecule has 1 unspecified atom stereocenters. The van der Waals surface area contributed by atoms with Gasteiger partial charge < -0.3 is 19.7 Å². The zero-order chi connectivity index (χ0) is 26.7. The van der Waals surface area contributed by atoms with Gasteiger partial charge in [0, 0.05) is 35.7 Å². The molecule has 3 aliphatic heterocycles. The maximum absolute atomic E-state index is 15.3. The summed E-state index contributed by atoms with van der Waals surface area (Å²) < 4.78 is 27.6. The molecular weight excluding hydrogens is 509 g/mol. The Kier molecular flexibility index (Phi) is 8.08. The normalized spacial score (nSPS) is 18.4. The first-order valence-corrected chi connectivity index (χ1v) is 12.4. The fourth-order valence-electron chi connectivity index (χ4n) is 4.42. The highest BCUT2D eigenvalue weighted by molar-refractivity contribution is 6.32. The number of piperidine rings is 1. The van der Waals surface area contributed by atoms with Gasteiger partial charge in [-0.3, -0.25) is 24.4 Å². The second-order valence-corrected chi connectivity index (χ2v) is 8.82. The molecule has 1 saturated heterocycles. The van der Waals surface area contributed by atoms with Crippen molar-refractivity contribution in [1.29, 1.82) is 0 Å². The number of carbonyl (C=O) groups excluding carboxylic acids is 4. The van der Waals surface area contributed by atoms with Crippen molar-refractivity contribution < 1.29 is 33.0 Å². The molecule has 1 aromatic carbocycles. The van der Waals surface area contributed by atoms with E-state index in [2.05, 4.69) is 15.7 Å². The van der Waals surface area contributed by atoms with Gasteiger partial charge in [0.25, 0.3) is 5.91 Å². The van der Waals surface area contributed by atoms with E-state index in [4.69, 9.17) is 21.1 Å². The van der Waals surface area contributed by atoms with E-state index >= 15 is 4.39 Å². The maximum Gasteiger partial charge on any atom is 0.407 e. The lowest BCUT2D eigenvalue weighted by Gasteiger charge is -2.29. The van der Waals surface area contributed by atoms with Crippen LogP contribution in [0.15, 0.2) is 12.1 Å². The summed E-state index contributed by atoms with van der Waals surface area (Å²) in [7, 11) is 0. The Morgan fingerprint density at radius 2 is 2.11 bits per heavy atom. The lowest BCUT2D eigenvalue weighted by molar-refractivity contribution is -0.136. The minimum Gasteiger partial charge on any atom is -0.443 e. The van der Waals surface area contributed by atoms with E-state index in [9.17, 15) is 19.2 Å². The molecule has 198 valence electrons. The fraction of sp³-hybridized carbons (Fsp3) is 0.458. The van der Waals surface area contributed by atoms with E-state index in [0.29, 0.717) is 25.5 Å². The molecule has 1 fully saturated rings. The average molecular weight is 536 g/mol. The first kappa shape index (κ1) is 26.6. The summed E-state index contributed by atoms with van der Waals surface area (Å²) in [6.07, 6.45) is -0.560. The Hall–Kier alpha value is -3.51. The number of nitrogens with one attached hydrogen (secondary N) is 2. The largest absolute Gasteiger partial charge is 0.443 e. The van der Waals surface area contributed by atoms with Crippen LogP contribution in [0.25, 0.3) is 0 Å². The van der Waals surface area contributed by atoms with E-state index in [-0.39, 0.29) is 54.3 Å². The molecular formula is C24H27ClFN5O6. The number of alkyl carbamates (subject to hydrolysis) is 1. The number of rotatable bonds is 5. The van der Waals surface area contributed by atoms with Crippen LogP contribution in [0.5, 0.6) is 0 Å². The van der Waals surface area contributed by atoms with Crippen LogP contribution in [0.3, 0.4) is 0 Å². The third-order valence-corrected chi connectivity index (χ3v) is 6.50. The van der Waals surface area contributed by atoms with E-state index in [0.717, 1.165) is 5.69 Å². The van der Waals surface area contributed by atoms with Gasteiger partial charge in [-0.1, -0.05) is 25.4 Å². The molecule has 0 bridgehead atoms. The van der Waals surface area contributed by atoms with Gasteiger partial charge >= 0.3 is 6.09 Å². The Morgan fingerprint density at radius 3 is 2.84 bits per heavy atom. The summed E-state index contributed by atoms with van der Waals surface area (Å²) >= 11 is 6.32. The van der Waals surface area contributed by atoms with Crippen molar-refractivity contribution >= 4 is 35.4 Å². The van der Waals surface area contributed by atoms with Gasteiger partial charge in [-0.15, -0.1) is 0 Å². The number of aromatic nitrogens is 2. The van der Waals surface area contributed by atoms with Gasteiger partial charge in [0.1, 0.15) is 24.2 Å². The molecule has 37 heavy (non-hydrogen) atoms. The summed E-state index contributed by atoms with van der Waals surface area (Å²) in [5, 5.41) is 9.11. The Labute approximate surface area is 217 Å². The number of hydrogen-bond donors (Lipinski definition) is 2. The first-order valence-electron chi connectivity index (χ1n) is 12.0. The van der Waals surface area contributed by atoms with Crippen LogP contribution >= 0.6 is 11.6 Å². The molecule has 11 nitrogen and oxygen atoms in total. The molecule has 4 amide bonds. The summed E-state index contributed by atoms with van der Waals surface area (Å²) in [6, 6.07) is 2.23. The van der Waals surface area contributed by atoms with E-state index in [1.807, 2.05) is 13.8 Å². The quantitative estimate of drug-likeness (QED) is 0.562. The highest BCUT2D eigenvalue weighted by Gasteiger charge is 2.41. The molecule has 2 N–H and O–H groups in total. The first-order chi connectivity index (χ1) is 17.8. The molecule has 1 atom stereocenters. The van der Waals surface area contributed by atoms with Crippen molar-refractivity contribution in [2.75, 3.05) is 6.61 Å². The van der Waals surface area contributed by atoms with Crippen molar-refractivity contribution in [3.8, 4) is 0 Å². The average Bonchev–Trinajstić information content (AvgIpc) is 3.46. The van der Waals surface area contributed by atoms with E-state index in [1.54, 1.807) is 10.7 Å². The predicted octanol–water partition coefficient (Wildman–Crippen LogP) is 2.42. The Morgan fingerprint density at radius 1 is 1.32 bits per heavy atom. The molecule has 13 heteroatoms. The minimum atomic E-state index is -0.889. The number of nitrogens with zero attached hydrogens (tertiary/aromatic N) is 3. The zero-order valence-corrected chi connectivity index (χ0v) is 21.2. The summed E-state index contributed by atoms with van der Waals surface area (Å²) in [4.78, 5) is 49.9. The third kappa shape index (κ3) is 5.44. The standard InChI is InChI=1S/C22H21ClFN5O6.C2H6/c23-15-5-11(7-25-22(33)35-9-12-6-13-10-34-4-3-29(13)27-12)19(24)18-14(15)8-28(21(18)32)16-1-2-17(30)26-20(16)31;1-2/h5-6,16H,1-4,7-10H2,(H,25,33)(H,26,30,31);1-2H3.